The molecule has 0 aliphatic carbocycles. The van der Waals surface area contributed by atoms with Gasteiger partial charge in [-0.1, -0.05) is 29.8 Å². The van der Waals surface area contributed by atoms with Gasteiger partial charge in [0.05, 0.1) is 0 Å². The number of hydrogen-bond acceptors (Lipinski definition) is 2. The molecule has 2 N–H and O–H groups in total. The van der Waals surface area contributed by atoms with E-state index in [1.54, 1.807) is 12.1 Å². The van der Waals surface area contributed by atoms with Gasteiger partial charge in [-0.15, -0.1) is 13.2 Å². The number of hydrogen-bond donors (Lipinski definition) is 2. The van der Waals surface area contributed by atoms with Gasteiger partial charge in [0, 0.05) is 5.02 Å². The zero-order valence-electron chi connectivity index (χ0n) is 8.39. The van der Waals surface area contributed by atoms with E-state index in [2.05, 4.69) is 13.2 Å². The number of carboxylic acids is 2. The van der Waals surface area contributed by atoms with Crippen molar-refractivity contribution in [1.29, 1.82) is 0 Å². The third kappa shape index (κ3) is 3.40. The molecule has 16 heavy (non-hydrogen) atoms. The zero-order valence-corrected chi connectivity index (χ0v) is 9.15. The highest BCUT2D eigenvalue weighted by Crippen LogP contribution is 2.24. The first-order valence-corrected chi connectivity index (χ1v) is 4.62. The van der Waals surface area contributed by atoms with Crippen molar-refractivity contribution < 1.29 is 19.8 Å². The first kappa shape index (κ1) is 14.2. The van der Waals surface area contributed by atoms with E-state index in [-0.39, 0.29) is 10.6 Å². The summed E-state index contributed by atoms with van der Waals surface area (Å²) in [5.74, 6) is -4.46. The average molecular weight is 243 g/mol. The fourth-order valence-corrected chi connectivity index (χ4v) is 1.33. The standard InChI is InChI=1S/C9H7ClO4.C2H4/c10-6-4-2-1-3-5(6)7(8(11)12)9(13)14;1-2/h1-4,7H,(H,11,12)(H,13,14);1-2H2. The van der Waals surface area contributed by atoms with Crippen molar-refractivity contribution >= 4 is 23.5 Å². The van der Waals surface area contributed by atoms with Crippen LogP contribution in [0.4, 0.5) is 0 Å². The van der Waals surface area contributed by atoms with Gasteiger partial charge >= 0.3 is 11.9 Å². The van der Waals surface area contributed by atoms with Gasteiger partial charge in [-0.05, 0) is 11.6 Å². The molecular formula is C11H11ClO4. The molecule has 0 unspecified atom stereocenters. The zero-order chi connectivity index (χ0) is 12.7. The molecule has 0 aliphatic rings. The normalized spacial score (nSPS) is 9.12. The van der Waals surface area contributed by atoms with E-state index < -0.39 is 17.9 Å². The maximum atomic E-state index is 10.7. The summed E-state index contributed by atoms with van der Waals surface area (Å²) >= 11 is 5.68. The molecule has 0 saturated heterocycles. The predicted octanol–water partition coefficient (Wildman–Crippen LogP) is 2.40. The molecule has 0 fully saturated rings. The average Bonchev–Trinajstić information content (AvgIpc) is 2.23. The van der Waals surface area contributed by atoms with E-state index in [0.29, 0.717) is 0 Å². The lowest BCUT2D eigenvalue weighted by molar-refractivity contribution is -0.150. The Hall–Kier alpha value is -1.81. The van der Waals surface area contributed by atoms with E-state index in [1.807, 2.05) is 0 Å². The van der Waals surface area contributed by atoms with Gasteiger partial charge < -0.3 is 10.2 Å². The van der Waals surface area contributed by atoms with Gasteiger partial charge in [0.1, 0.15) is 0 Å². The SMILES string of the molecule is C=C.O=C(O)C(C(=O)O)c1ccccc1Cl. The van der Waals surface area contributed by atoms with Crippen LogP contribution in [0.2, 0.25) is 5.02 Å². The van der Waals surface area contributed by atoms with Crippen LogP contribution < -0.4 is 0 Å². The molecule has 1 aromatic carbocycles. The fraction of sp³-hybridized carbons (Fsp3) is 0.0909. The number of carboxylic acid groups (broad SMARTS) is 2. The minimum absolute atomic E-state index is 0.0918. The molecule has 0 heterocycles. The molecule has 0 saturated carbocycles. The Bertz CT molecular complexity index is 375. The second-order valence-electron chi connectivity index (χ2n) is 2.63. The van der Waals surface area contributed by atoms with E-state index in [0.717, 1.165) is 0 Å². The molecule has 1 aromatic rings. The van der Waals surface area contributed by atoms with Crippen LogP contribution in [-0.4, -0.2) is 22.2 Å². The second-order valence-corrected chi connectivity index (χ2v) is 3.04. The van der Waals surface area contributed by atoms with Crippen molar-refractivity contribution in [2.75, 3.05) is 0 Å². The number of benzene rings is 1. The predicted molar refractivity (Wildman–Crippen MR) is 60.7 cm³/mol. The highest BCUT2D eigenvalue weighted by Gasteiger charge is 2.29. The number of aliphatic carboxylic acids is 2. The van der Waals surface area contributed by atoms with Crippen LogP contribution in [0.5, 0.6) is 0 Å². The van der Waals surface area contributed by atoms with E-state index in [9.17, 15) is 9.59 Å². The summed E-state index contributed by atoms with van der Waals surface area (Å²) in [6.07, 6.45) is 0. The van der Waals surface area contributed by atoms with Crippen LogP contribution in [-0.2, 0) is 9.59 Å². The Kier molecular flexibility index (Phi) is 5.88. The molecule has 0 spiro atoms. The van der Waals surface area contributed by atoms with Gasteiger partial charge in [0.25, 0.3) is 0 Å². The lowest BCUT2D eigenvalue weighted by atomic mass is 10.00. The molecule has 86 valence electrons. The summed E-state index contributed by atoms with van der Waals surface area (Å²) < 4.78 is 0. The Balaban J connectivity index is 0.00000106. The smallest absolute Gasteiger partial charge is 0.322 e. The minimum Gasteiger partial charge on any atom is -0.480 e. The molecule has 0 atom stereocenters. The van der Waals surface area contributed by atoms with E-state index >= 15 is 0 Å². The molecule has 4 nitrogen and oxygen atoms in total. The van der Waals surface area contributed by atoms with Crippen molar-refractivity contribution in [3.63, 3.8) is 0 Å². The Labute approximate surface area is 97.8 Å². The van der Waals surface area contributed by atoms with Crippen LogP contribution in [0.25, 0.3) is 0 Å². The molecular weight excluding hydrogens is 232 g/mol. The van der Waals surface area contributed by atoms with Gasteiger partial charge in [-0.2, -0.15) is 0 Å². The summed E-state index contributed by atoms with van der Waals surface area (Å²) in [5.41, 5.74) is 0.0918. The Morgan fingerprint density at radius 3 is 1.94 bits per heavy atom. The maximum Gasteiger partial charge on any atom is 0.322 e. The Morgan fingerprint density at radius 2 is 1.56 bits per heavy atom. The largest absolute Gasteiger partial charge is 0.480 e. The molecule has 5 heteroatoms. The number of rotatable bonds is 3. The third-order valence-electron chi connectivity index (χ3n) is 1.71. The second kappa shape index (κ2) is 6.63. The summed E-state index contributed by atoms with van der Waals surface area (Å²) in [5, 5.41) is 17.5. The molecule has 0 aliphatic heterocycles. The van der Waals surface area contributed by atoms with Crippen molar-refractivity contribution in [3.05, 3.63) is 48.0 Å². The van der Waals surface area contributed by atoms with Crippen LogP contribution in [0.1, 0.15) is 11.5 Å². The first-order valence-electron chi connectivity index (χ1n) is 4.24. The van der Waals surface area contributed by atoms with Crippen molar-refractivity contribution in [2.24, 2.45) is 0 Å². The molecule has 0 amide bonds. The summed E-state index contributed by atoms with van der Waals surface area (Å²) in [6.45, 7) is 6.00. The van der Waals surface area contributed by atoms with Crippen LogP contribution in [0.3, 0.4) is 0 Å². The van der Waals surface area contributed by atoms with Gasteiger partial charge in [-0.3, -0.25) is 9.59 Å². The topological polar surface area (TPSA) is 74.6 Å². The lowest BCUT2D eigenvalue weighted by Gasteiger charge is -2.08. The highest BCUT2D eigenvalue weighted by molar-refractivity contribution is 6.32. The van der Waals surface area contributed by atoms with Gasteiger partial charge in [-0.25, -0.2) is 0 Å². The Morgan fingerprint density at radius 1 is 1.12 bits per heavy atom. The van der Waals surface area contributed by atoms with Crippen LogP contribution >= 0.6 is 11.6 Å². The van der Waals surface area contributed by atoms with Gasteiger partial charge in [0.15, 0.2) is 5.92 Å². The third-order valence-corrected chi connectivity index (χ3v) is 2.05. The summed E-state index contributed by atoms with van der Waals surface area (Å²) in [4.78, 5) is 21.3. The van der Waals surface area contributed by atoms with Gasteiger partial charge in [0.2, 0.25) is 0 Å². The monoisotopic (exact) mass is 242 g/mol. The first-order chi connectivity index (χ1) is 7.54. The molecule has 0 aromatic heterocycles. The maximum absolute atomic E-state index is 10.7. The van der Waals surface area contributed by atoms with Crippen molar-refractivity contribution in [2.45, 2.75) is 5.92 Å². The number of halogens is 1. The van der Waals surface area contributed by atoms with Crippen LogP contribution in [0.15, 0.2) is 37.4 Å². The lowest BCUT2D eigenvalue weighted by Crippen LogP contribution is -2.21. The van der Waals surface area contributed by atoms with Crippen molar-refractivity contribution in [3.8, 4) is 0 Å². The van der Waals surface area contributed by atoms with E-state index in [4.69, 9.17) is 21.8 Å². The fourth-order valence-electron chi connectivity index (χ4n) is 1.08. The van der Waals surface area contributed by atoms with Crippen molar-refractivity contribution in [1.82, 2.24) is 0 Å². The summed E-state index contributed by atoms with van der Waals surface area (Å²) in [7, 11) is 0. The highest BCUT2D eigenvalue weighted by atomic mass is 35.5. The number of carbonyl (C=O) groups is 2. The molecule has 0 radical (unpaired) electrons. The summed E-state index contributed by atoms with van der Waals surface area (Å²) in [6, 6.07) is 5.98. The minimum atomic E-state index is -1.61. The van der Waals surface area contributed by atoms with Crippen LogP contribution in [0, 0.1) is 0 Å². The quantitative estimate of drug-likeness (QED) is 0.630. The molecule has 0 bridgehead atoms. The van der Waals surface area contributed by atoms with E-state index in [1.165, 1.54) is 12.1 Å². The molecule has 1 rings (SSSR count).